The highest BCUT2D eigenvalue weighted by Crippen LogP contribution is 2.31. The van der Waals surface area contributed by atoms with Gasteiger partial charge < -0.3 is 9.30 Å². The highest BCUT2D eigenvalue weighted by molar-refractivity contribution is 7.91. The number of hydrogen-bond acceptors (Lipinski definition) is 6. The molecule has 9 heteroatoms. The first-order valence-electron chi connectivity index (χ1n) is 7.65. The molecule has 0 amide bonds. The highest BCUT2D eigenvalue weighted by Gasteiger charge is 2.42. The Morgan fingerprint density at radius 3 is 2.92 bits per heavy atom. The smallest absolute Gasteiger partial charge is 0.324 e. The van der Waals surface area contributed by atoms with E-state index in [-0.39, 0.29) is 17.2 Å². The number of thiophene rings is 1. The summed E-state index contributed by atoms with van der Waals surface area (Å²) in [6, 6.07) is 2.34. The van der Waals surface area contributed by atoms with E-state index in [1.54, 1.807) is 23.8 Å². The van der Waals surface area contributed by atoms with Crippen LogP contribution in [0.4, 0.5) is 0 Å². The summed E-state index contributed by atoms with van der Waals surface area (Å²) < 4.78 is 34.2. The number of nitrogens with zero attached hydrogens (tertiary/aromatic N) is 3. The molecule has 7 nitrogen and oxygen atoms in total. The van der Waals surface area contributed by atoms with E-state index in [9.17, 15) is 13.2 Å². The molecule has 1 aliphatic rings. The van der Waals surface area contributed by atoms with Crippen molar-refractivity contribution in [2.75, 3.05) is 7.11 Å². The Morgan fingerprint density at radius 1 is 1.50 bits per heavy atom. The molecule has 3 rings (SSSR count). The van der Waals surface area contributed by atoms with Gasteiger partial charge in [-0.05, 0) is 17.9 Å². The van der Waals surface area contributed by atoms with Crippen LogP contribution in [0, 0.1) is 0 Å². The first-order chi connectivity index (χ1) is 11.5. The lowest BCUT2D eigenvalue weighted by atomic mass is 10.1. The molecule has 0 aliphatic carbocycles. The van der Waals surface area contributed by atoms with Gasteiger partial charge in [-0.15, -0.1) is 11.3 Å². The van der Waals surface area contributed by atoms with Gasteiger partial charge in [0.05, 0.1) is 31.4 Å². The van der Waals surface area contributed by atoms with Crippen molar-refractivity contribution in [1.82, 2.24) is 13.9 Å². The van der Waals surface area contributed by atoms with E-state index in [2.05, 4.69) is 4.98 Å². The van der Waals surface area contributed by atoms with E-state index >= 15 is 0 Å². The molecular weight excluding hydrogens is 350 g/mol. The molecule has 0 radical (unpaired) electrons. The molecule has 2 aromatic rings. The second kappa shape index (κ2) is 6.66. The van der Waals surface area contributed by atoms with Crippen LogP contribution < -0.4 is 0 Å². The number of esters is 1. The van der Waals surface area contributed by atoms with E-state index in [4.69, 9.17) is 4.74 Å². The van der Waals surface area contributed by atoms with Crippen LogP contribution in [0.5, 0.6) is 0 Å². The number of imidazole rings is 1. The molecule has 0 N–H and O–H groups in total. The second-order valence-electron chi connectivity index (χ2n) is 5.56. The monoisotopic (exact) mass is 369 g/mol. The standard InChI is InChI=1S/C15H19N3O4S2/c1-3-6-17-10-16-11-8-12(15(19)22-2)18(9-13(11)17)24(20,21)14-5-4-7-23-14/h4-5,7,10,12H,3,6,8-9H2,1-2H3. The third-order valence-corrected chi connectivity index (χ3v) is 7.30. The third-order valence-electron chi connectivity index (χ3n) is 4.07. The number of fused-ring (bicyclic) bond motifs is 1. The molecule has 130 valence electrons. The second-order valence-corrected chi connectivity index (χ2v) is 8.62. The molecule has 0 spiro atoms. The van der Waals surface area contributed by atoms with Crippen molar-refractivity contribution in [2.45, 2.75) is 43.1 Å². The lowest BCUT2D eigenvalue weighted by Gasteiger charge is -2.32. The van der Waals surface area contributed by atoms with Crippen molar-refractivity contribution in [1.29, 1.82) is 0 Å². The van der Waals surface area contributed by atoms with Crippen LogP contribution in [0.15, 0.2) is 28.0 Å². The summed E-state index contributed by atoms with van der Waals surface area (Å²) in [6.07, 6.45) is 2.86. The maximum absolute atomic E-state index is 13.0. The number of methoxy groups -OCH3 is 1. The van der Waals surface area contributed by atoms with Crippen LogP contribution >= 0.6 is 11.3 Å². The SMILES string of the molecule is CCCn1cnc2c1CN(S(=O)(=O)c1cccs1)C(C(=O)OC)C2. The van der Waals surface area contributed by atoms with Gasteiger partial charge in [-0.1, -0.05) is 13.0 Å². The number of ether oxygens (including phenoxy) is 1. The minimum atomic E-state index is -3.77. The number of carbonyl (C=O) groups is 1. The molecular formula is C15H19N3O4S2. The summed E-state index contributed by atoms with van der Waals surface area (Å²) in [4.78, 5) is 16.5. The molecule has 1 unspecified atom stereocenters. The number of carbonyl (C=O) groups excluding carboxylic acids is 1. The predicted octanol–water partition coefficient (Wildman–Crippen LogP) is 1.64. The molecule has 0 bridgehead atoms. The molecule has 0 fully saturated rings. The summed E-state index contributed by atoms with van der Waals surface area (Å²) in [5, 5.41) is 1.71. The van der Waals surface area contributed by atoms with Crippen LogP contribution in [0.3, 0.4) is 0 Å². The Hall–Kier alpha value is -1.71. The van der Waals surface area contributed by atoms with Crippen molar-refractivity contribution in [2.24, 2.45) is 0 Å². The Labute approximate surface area is 144 Å². The van der Waals surface area contributed by atoms with E-state index in [0.29, 0.717) is 0 Å². The Kier molecular flexibility index (Phi) is 4.75. The molecule has 0 aromatic carbocycles. The fourth-order valence-electron chi connectivity index (χ4n) is 2.89. The fraction of sp³-hybridized carbons (Fsp3) is 0.467. The number of hydrogen-bond donors (Lipinski definition) is 0. The van der Waals surface area contributed by atoms with Gasteiger partial charge in [0.25, 0.3) is 10.0 Å². The van der Waals surface area contributed by atoms with Crippen LogP contribution in [0.2, 0.25) is 0 Å². The topological polar surface area (TPSA) is 81.5 Å². The van der Waals surface area contributed by atoms with Crippen LogP contribution in [-0.4, -0.2) is 41.4 Å². The van der Waals surface area contributed by atoms with Crippen molar-refractivity contribution < 1.29 is 17.9 Å². The summed E-state index contributed by atoms with van der Waals surface area (Å²) in [5.74, 6) is -0.564. The summed E-state index contributed by atoms with van der Waals surface area (Å²) in [7, 11) is -2.50. The quantitative estimate of drug-likeness (QED) is 0.749. The van der Waals surface area contributed by atoms with Crippen LogP contribution in [0.25, 0.3) is 0 Å². The zero-order valence-corrected chi connectivity index (χ0v) is 15.1. The normalized spacial score (nSPS) is 18.3. The lowest BCUT2D eigenvalue weighted by Crippen LogP contribution is -2.49. The first kappa shape index (κ1) is 17.1. The number of aromatic nitrogens is 2. The Balaban J connectivity index is 2.04. The maximum atomic E-state index is 13.0. The van der Waals surface area contributed by atoms with Gasteiger partial charge in [0, 0.05) is 13.0 Å². The Bertz CT molecular complexity index is 827. The Morgan fingerprint density at radius 2 is 2.29 bits per heavy atom. The van der Waals surface area contributed by atoms with Crippen molar-refractivity contribution in [3.05, 3.63) is 35.2 Å². The number of sulfonamides is 1. The predicted molar refractivity (Wildman–Crippen MR) is 89.1 cm³/mol. The lowest BCUT2D eigenvalue weighted by molar-refractivity contribution is -0.145. The minimum Gasteiger partial charge on any atom is -0.468 e. The van der Waals surface area contributed by atoms with E-state index in [1.165, 1.54) is 11.4 Å². The van der Waals surface area contributed by atoms with E-state index in [0.717, 1.165) is 35.7 Å². The van der Waals surface area contributed by atoms with Gasteiger partial charge in [0.2, 0.25) is 0 Å². The zero-order chi connectivity index (χ0) is 17.3. The molecule has 1 atom stereocenters. The van der Waals surface area contributed by atoms with Crippen molar-refractivity contribution in [3.63, 3.8) is 0 Å². The highest BCUT2D eigenvalue weighted by atomic mass is 32.2. The fourth-order valence-corrected chi connectivity index (χ4v) is 5.55. The number of rotatable bonds is 5. The summed E-state index contributed by atoms with van der Waals surface area (Å²) in [5.41, 5.74) is 1.61. The molecule has 1 aliphatic heterocycles. The van der Waals surface area contributed by atoms with E-state index in [1.807, 2.05) is 11.5 Å². The maximum Gasteiger partial charge on any atom is 0.324 e. The number of aryl methyl sites for hydroxylation is 1. The van der Waals surface area contributed by atoms with Crippen LogP contribution in [-0.2, 0) is 39.1 Å². The van der Waals surface area contributed by atoms with Crippen molar-refractivity contribution >= 4 is 27.3 Å². The summed E-state index contributed by atoms with van der Waals surface area (Å²) >= 11 is 1.14. The van der Waals surface area contributed by atoms with Gasteiger partial charge in [0.1, 0.15) is 10.3 Å². The van der Waals surface area contributed by atoms with Crippen LogP contribution in [0.1, 0.15) is 24.7 Å². The molecule has 0 saturated heterocycles. The average Bonchev–Trinajstić information content (AvgIpc) is 3.23. The van der Waals surface area contributed by atoms with Gasteiger partial charge in [-0.2, -0.15) is 4.31 Å². The largest absolute Gasteiger partial charge is 0.468 e. The van der Waals surface area contributed by atoms with Gasteiger partial charge >= 0.3 is 5.97 Å². The molecule has 2 aromatic heterocycles. The molecule has 3 heterocycles. The molecule has 24 heavy (non-hydrogen) atoms. The minimum absolute atomic E-state index is 0.120. The van der Waals surface area contributed by atoms with Gasteiger partial charge in [-0.25, -0.2) is 13.4 Å². The van der Waals surface area contributed by atoms with Crippen molar-refractivity contribution in [3.8, 4) is 0 Å². The van der Waals surface area contributed by atoms with E-state index < -0.39 is 22.0 Å². The van der Waals surface area contributed by atoms with Gasteiger partial charge in [0.15, 0.2) is 0 Å². The zero-order valence-electron chi connectivity index (χ0n) is 13.5. The third kappa shape index (κ3) is 2.87. The summed E-state index contributed by atoms with van der Waals surface area (Å²) in [6.45, 7) is 2.93. The van der Waals surface area contributed by atoms with Gasteiger partial charge in [-0.3, -0.25) is 4.79 Å². The molecule has 0 saturated carbocycles. The average molecular weight is 369 g/mol. The first-order valence-corrected chi connectivity index (χ1v) is 9.97.